The number of aromatic nitrogens is 3. The van der Waals surface area contributed by atoms with Gasteiger partial charge in [-0.1, -0.05) is 11.6 Å². The van der Waals surface area contributed by atoms with E-state index in [1.807, 2.05) is 0 Å². The molecule has 0 spiro atoms. The topological polar surface area (TPSA) is 41.9 Å². The van der Waals surface area contributed by atoms with Gasteiger partial charge in [-0.25, -0.2) is 14.4 Å². The monoisotopic (exact) mass is 272 g/mol. The predicted octanol–water partition coefficient (Wildman–Crippen LogP) is 3.09. The molecular formula is C10H7Cl2FN4. The van der Waals surface area contributed by atoms with Crippen LogP contribution in [0.25, 0.3) is 0 Å². The van der Waals surface area contributed by atoms with Gasteiger partial charge in [0.1, 0.15) is 12.1 Å². The van der Waals surface area contributed by atoms with Crippen LogP contribution in [0.4, 0.5) is 16.0 Å². The third-order valence-corrected chi connectivity index (χ3v) is 2.59. The summed E-state index contributed by atoms with van der Waals surface area (Å²) in [4.78, 5) is 13.2. The minimum Gasteiger partial charge on any atom is -0.313 e. The standard InChI is InChI=1S/C10H7Cl2FN4/c1-17(10-15-5-14-9(12)16-10)6-2-3-8(13)7(11)4-6/h2-5H,1H3. The molecule has 2 aromatic rings. The van der Waals surface area contributed by atoms with Gasteiger partial charge in [-0.05, 0) is 29.8 Å². The fraction of sp³-hybridized carbons (Fsp3) is 0.100. The zero-order valence-corrected chi connectivity index (χ0v) is 10.2. The summed E-state index contributed by atoms with van der Waals surface area (Å²) in [6, 6.07) is 4.32. The van der Waals surface area contributed by atoms with E-state index >= 15 is 0 Å². The van der Waals surface area contributed by atoms with Crippen LogP contribution in [0.5, 0.6) is 0 Å². The summed E-state index contributed by atoms with van der Waals surface area (Å²) >= 11 is 11.4. The van der Waals surface area contributed by atoms with Crippen molar-refractivity contribution >= 4 is 34.8 Å². The Morgan fingerprint density at radius 3 is 2.65 bits per heavy atom. The Bertz CT molecular complexity index is 550. The molecule has 88 valence electrons. The maximum atomic E-state index is 13.0. The van der Waals surface area contributed by atoms with Gasteiger partial charge >= 0.3 is 0 Å². The van der Waals surface area contributed by atoms with E-state index in [1.54, 1.807) is 18.0 Å². The maximum absolute atomic E-state index is 13.0. The first-order valence-corrected chi connectivity index (χ1v) is 5.37. The second kappa shape index (κ2) is 4.81. The molecule has 0 amide bonds. The Morgan fingerprint density at radius 1 is 1.24 bits per heavy atom. The number of hydrogen-bond donors (Lipinski definition) is 0. The van der Waals surface area contributed by atoms with Crippen LogP contribution in [-0.2, 0) is 0 Å². The van der Waals surface area contributed by atoms with Crippen molar-refractivity contribution in [1.29, 1.82) is 0 Å². The van der Waals surface area contributed by atoms with Crippen LogP contribution in [0.2, 0.25) is 10.3 Å². The maximum Gasteiger partial charge on any atom is 0.233 e. The summed E-state index contributed by atoms with van der Waals surface area (Å²) in [7, 11) is 1.72. The summed E-state index contributed by atoms with van der Waals surface area (Å²) in [5, 5.41) is 0.129. The van der Waals surface area contributed by atoms with Gasteiger partial charge in [-0.3, -0.25) is 0 Å². The van der Waals surface area contributed by atoms with Crippen LogP contribution < -0.4 is 4.90 Å². The van der Waals surface area contributed by atoms with Gasteiger partial charge < -0.3 is 4.90 Å². The van der Waals surface area contributed by atoms with Crippen molar-refractivity contribution in [2.24, 2.45) is 0 Å². The lowest BCUT2D eigenvalue weighted by atomic mass is 10.3. The Labute approximate surface area is 107 Å². The third-order valence-electron chi connectivity index (χ3n) is 2.12. The van der Waals surface area contributed by atoms with Gasteiger partial charge in [0.25, 0.3) is 0 Å². The molecule has 0 aliphatic rings. The molecule has 0 fully saturated rings. The van der Waals surface area contributed by atoms with Crippen molar-refractivity contribution in [1.82, 2.24) is 15.0 Å². The van der Waals surface area contributed by atoms with Crippen molar-refractivity contribution in [3.8, 4) is 0 Å². The van der Waals surface area contributed by atoms with Crippen molar-refractivity contribution in [2.75, 3.05) is 11.9 Å². The van der Waals surface area contributed by atoms with E-state index in [2.05, 4.69) is 15.0 Å². The molecular weight excluding hydrogens is 266 g/mol. The van der Waals surface area contributed by atoms with E-state index in [0.717, 1.165) is 0 Å². The minimum atomic E-state index is -0.475. The molecule has 0 bridgehead atoms. The number of rotatable bonds is 2. The molecule has 0 aliphatic carbocycles. The molecule has 4 nitrogen and oxygen atoms in total. The average Bonchev–Trinajstić information content (AvgIpc) is 2.32. The van der Waals surface area contributed by atoms with E-state index in [0.29, 0.717) is 11.6 Å². The predicted molar refractivity (Wildman–Crippen MR) is 64.3 cm³/mol. The van der Waals surface area contributed by atoms with Crippen LogP contribution in [0.1, 0.15) is 0 Å². The Kier molecular flexibility index (Phi) is 3.40. The van der Waals surface area contributed by atoms with Gasteiger partial charge in [0.2, 0.25) is 11.2 Å². The summed E-state index contributed by atoms with van der Waals surface area (Å²) < 4.78 is 13.0. The van der Waals surface area contributed by atoms with Crippen molar-refractivity contribution in [2.45, 2.75) is 0 Å². The lowest BCUT2D eigenvalue weighted by Gasteiger charge is -2.16. The molecule has 0 N–H and O–H groups in total. The SMILES string of the molecule is CN(c1ccc(F)c(Cl)c1)c1ncnc(Cl)n1. The molecule has 0 radical (unpaired) electrons. The van der Waals surface area contributed by atoms with Gasteiger partial charge in [0.15, 0.2) is 0 Å². The zero-order valence-electron chi connectivity index (χ0n) is 8.73. The lowest BCUT2D eigenvalue weighted by Crippen LogP contribution is -2.13. The van der Waals surface area contributed by atoms with Crippen LogP contribution in [0.15, 0.2) is 24.5 Å². The highest BCUT2D eigenvalue weighted by Crippen LogP contribution is 2.25. The molecule has 0 aliphatic heterocycles. The number of anilines is 2. The fourth-order valence-electron chi connectivity index (χ4n) is 1.24. The van der Waals surface area contributed by atoms with E-state index in [-0.39, 0.29) is 10.3 Å². The molecule has 2 rings (SSSR count). The van der Waals surface area contributed by atoms with E-state index in [1.165, 1.54) is 18.5 Å². The normalized spacial score (nSPS) is 10.4. The van der Waals surface area contributed by atoms with Gasteiger partial charge in [0, 0.05) is 12.7 Å². The second-order valence-electron chi connectivity index (χ2n) is 3.21. The van der Waals surface area contributed by atoms with E-state index < -0.39 is 5.82 Å². The summed E-state index contributed by atoms with van der Waals surface area (Å²) in [6.45, 7) is 0. The van der Waals surface area contributed by atoms with Crippen molar-refractivity contribution in [3.63, 3.8) is 0 Å². The van der Waals surface area contributed by atoms with Gasteiger partial charge in [-0.2, -0.15) is 4.98 Å². The fourth-order valence-corrected chi connectivity index (χ4v) is 1.53. The number of nitrogens with zero attached hydrogens (tertiary/aromatic N) is 4. The van der Waals surface area contributed by atoms with Gasteiger partial charge in [0.05, 0.1) is 5.02 Å². The molecule has 0 unspecified atom stereocenters. The molecule has 17 heavy (non-hydrogen) atoms. The van der Waals surface area contributed by atoms with E-state index in [9.17, 15) is 4.39 Å². The smallest absolute Gasteiger partial charge is 0.233 e. The number of hydrogen-bond acceptors (Lipinski definition) is 4. The molecule has 1 aromatic heterocycles. The molecule has 0 saturated heterocycles. The highest BCUT2D eigenvalue weighted by molar-refractivity contribution is 6.31. The lowest BCUT2D eigenvalue weighted by molar-refractivity contribution is 0.628. The average molecular weight is 273 g/mol. The van der Waals surface area contributed by atoms with Gasteiger partial charge in [-0.15, -0.1) is 0 Å². The molecule has 1 aromatic carbocycles. The quantitative estimate of drug-likeness (QED) is 0.843. The van der Waals surface area contributed by atoms with Crippen LogP contribution >= 0.6 is 23.2 Å². The minimum absolute atomic E-state index is 0.0366. The van der Waals surface area contributed by atoms with Crippen LogP contribution in [-0.4, -0.2) is 22.0 Å². The van der Waals surface area contributed by atoms with Crippen LogP contribution in [0.3, 0.4) is 0 Å². The molecule has 0 atom stereocenters. The van der Waals surface area contributed by atoms with E-state index in [4.69, 9.17) is 23.2 Å². The zero-order chi connectivity index (χ0) is 12.4. The van der Waals surface area contributed by atoms with Crippen molar-refractivity contribution in [3.05, 3.63) is 40.6 Å². The highest BCUT2D eigenvalue weighted by atomic mass is 35.5. The Balaban J connectivity index is 2.36. The highest BCUT2D eigenvalue weighted by Gasteiger charge is 2.10. The summed E-state index contributed by atoms with van der Waals surface area (Å²) in [6.07, 6.45) is 1.30. The van der Waals surface area contributed by atoms with Crippen LogP contribution in [0, 0.1) is 5.82 Å². The Hall–Kier alpha value is -1.46. The largest absolute Gasteiger partial charge is 0.313 e. The summed E-state index contributed by atoms with van der Waals surface area (Å²) in [5.41, 5.74) is 0.652. The first-order valence-electron chi connectivity index (χ1n) is 4.61. The Morgan fingerprint density at radius 2 is 2.00 bits per heavy atom. The molecule has 7 heteroatoms. The summed E-state index contributed by atoms with van der Waals surface area (Å²) in [5.74, 6) is -0.120. The first-order chi connectivity index (χ1) is 8.08. The van der Waals surface area contributed by atoms with Crippen molar-refractivity contribution < 1.29 is 4.39 Å². The number of halogens is 3. The molecule has 0 saturated carbocycles. The number of benzene rings is 1. The molecule has 1 heterocycles. The second-order valence-corrected chi connectivity index (χ2v) is 3.96. The first kappa shape index (κ1) is 12.0. The third kappa shape index (κ3) is 2.62.